The van der Waals surface area contributed by atoms with E-state index in [2.05, 4.69) is 17.2 Å². The molecule has 0 saturated heterocycles. The topological polar surface area (TPSA) is 53.1 Å². The third-order valence-electron chi connectivity index (χ3n) is 3.39. The van der Waals surface area contributed by atoms with E-state index in [-0.39, 0.29) is 5.60 Å². The maximum atomic E-state index is 5.96. The van der Waals surface area contributed by atoms with Gasteiger partial charge < -0.3 is 10.5 Å². The van der Waals surface area contributed by atoms with E-state index in [1.807, 2.05) is 33.0 Å². The second-order valence-corrected chi connectivity index (χ2v) is 4.86. The minimum absolute atomic E-state index is 0.279. The molecule has 0 aliphatic rings. The Kier molecular flexibility index (Phi) is 3.13. The number of benzene rings is 1. The average Bonchev–Trinajstić information content (AvgIpc) is 2.70. The number of anilines is 1. The van der Waals surface area contributed by atoms with Gasteiger partial charge in [0.25, 0.3) is 0 Å². The van der Waals surface area contributed by atoms with Crippen LogP contribution in [-0.4, -0.2) is 16.9 Å². The molecule has 4 nitrogen and oxygen atoms in total. The number of rotatable bonds is 3. The number of aromatic nitrogens is 2. The summed E-state index contributed by atoms with van der Waals surface area (Å²) in [6.07, 6.45) is 1.78. The van der Waals surface area contributed by atoms with Crippen LogP contribution in [0.3, 0.4) is 0 Å². The second kappa shape index (κ2) is 4.46. The lowest BCUT2D eigenvalue weighted by molar-refractivity contribution is 0.0192. The highest BCUT2D eigenvalue weighted by Gasteiger charge is 2.19. The lowest BCUT2D eigenvalue weighted by atomic mass is 9.96. The minimum atomic E-state index is -0.279. The molecule has 18 heavy (non-hydrogen) atoms. The molecule has 1 heterocycles. The van der Waals surface area contributed by atoms with Gasteiger partial charge in [0.2, 0.25) is 0 Å². The molecule has 0 aliphatic carbocycles. The first-order valence-electron chi connectivity index (χ1n) is 5.89. The third-order valence-corrected chi connectivity index (χ3v) is 3.39. The summed E-state index contributed by atoms with van der Waals surface area (Å²) in [6.45, 7) is 4.08. The first kappa shape index (κ1) is 12.6. The molecule has 4 heteroatoms. The predicted molar refractivity (Wildman–Crippen MR) is 73.1 cm³/mol. The Balaban J connectivity index is 2.36. The zero-order valence-electron chi connectivity index (χ0n) is 11.3. The fourth-order valence-electron chi connectivity index (χ4n) is 1.84. The first-order chi connectivity index (χ1) is 8.45. The number of hydrogen-bond acceptors (Lipinski definition) is 3. The molecule has 2 aromatic rings. The molecular formula is C14H19N3O. The fraction of sp³-hybridized carbons (Fsp3) is 0.357. The zero-order valence-corrected chi connectivity index (χ0v) is 11.3. The van der Waals surface area contributed by atoms with Gasteiger partial charge in [-0.25, -0.2) is 0 Å². The molecule has 1 aromatic heterocycles. The van der Waals surface area contributed by atoms with Crippen molar-refractivity contribution in [1.29, 1.82) is 0 Å². The van der Waals surface area contributed by atoms with E-state index >= 15 is 0 Å². The van der Waals surface area contributed by atoms with E-state index in [4.69, 9.17) is 10.5 Å². The van der Waals surface area contributed by atoms with Crippen LogP contribution in [0.4, 0.5) is 5.82 Å². The lowest BCUT2D eigenvalue weighted by Crippen LogP contribution is -2.19. The van der Waals surface area contributed by atoms with E-state index in [0.717, 1.165) is 16.7 Å². The predicted octanol–water partition coefficient (Wildman–Crippen LogP) is 2.55. The Morgan fingerprint density at radius 3 is 2.28 bits per heavy atom. The van der Waals surface area contributed by atoms with Crippen molar-refractivity contribution in [3.05, 3.63) is 36.0 Å². The molecule has 0 saturated carbocycles. The average molecular weight is 245 g/mol. The fourth-order valence-corrected chi connectivity index (χ4v) is 1.84. The number of ether oxygens (including phenoxy) is 1. The monoisotopic (exact) mass is 245 g/mol. The summed E-state index contributed by atoms with van der Waals surface area (Å²) < 4.78 is 7.12. The van der Waals surface area contributed by atoms with Crippen molar-refractivity contribution in [3.8, 4) is 11.1 Å². The van der Waals surface area contributed by atoms with Crippen molar-refractivity contribution in [1.82, 2.24) is 9.78 Å². The summed E-state index contributed by atoms with van der Waals surface area (Å²) in [5, 5.41) is 4.15. The summed E-state index contributed by atoms with van der Waals surface area (Å²) in [5.74, 6) is 0.675. The number of nitrogens with zero attached hydrogens (tertiary/aromatic N) is 2. The molecule has 1 aromatic carbocycles. The Morgan fingerprint density at radius 1 is 1.22 bits per heavy atom. The smallest absolute Gasteiger partial charge is 0.129 e. The van der Waals surface area contributed by atoms with Crippen molar-refractivity contribution in [2.24, 2.45) is 7.05 Å². The highest BCUT2D eigenvalue weighted by Crippen LogP contribution is 2.29. The molecular weight excluding hydrogens is 226 g/mol. The Labute approximate surface area is 107 Å². The Morgan fingerprint density at radius 2 is 1.83 bits per heavy atom. The van der Waals surface area contributed by atoms with Crippen molar-refractivity contribution in [2.75, 3.05) is 12.8 Å². The van der Waals surface area contributed by atoms with Crippen LogP contribution in [0.25, 0.3) is 11.1 Å². The van der Waals surface area contributed by atoms with Gasteiger partial charge in [-0.05, 0) is 25.0 Å². The molecule has 0 bridgehead atoms. The van der Waals surface area contributed by atoms with Crippen LogP contribution >= 0.6 is 0 Å². The molecule has 96 valence electrons. The van der Waals surface area contributed by atoms with Crippen LogP contribution in [0.15, 0.2) is 30.5 Å². The number of nitrogen functional groups attached to an aromatic ring is 1. The summed E-state index contributed by atoms with van der Waals surface area (Å²) in [7, 11) is 3.55. The minimum Gasteiger partial charge on any atom is -0.383 e. The quantitative estimate of drug-likeness (QED) is 0.904. The van der Waals surface area contributed by atoms with Gasteiger partial charge in [0, 0.05) is 19.7 Å². The third kappa shape index (κ3) is 2.11. The number of nitrogens with two attached hydrogens (primary N) is 1. The number of methoxy groups -OCH3 is 1. The number of hydrogen-bond donors (Lipinski definition) is 1. The molecule has 0 aliphatic heterocycles. The van der Waals surface area contributed by atoms with Crippen LogP contribution in [0.1, 0.15) is 19.4 Å². The van der Waals surface area contributed by atoms with Crippen molar-refractivity contribution in [3.63, 3.8) is 0 Å². The van der Waals surface area contributed by atoms with Gasteiger partial charge in [-0.2, -0.15) is 5.10 Å². The molecule has 0 spiro atoms. The van der Waals surface area contributed by atoms with Crippen LogP contribution in [-0.2, 0) is 17.4 Å². The maximum absolute atomic E-state index is 5.96. The zero-order chi connectivity index (χ0) is 13.3. The largest absolute Gasteiger partial charge is 0.383 e. The Bertz CT molecular complexity index is 541. The van der Waals surface area contributed by atoms with Gasteiger partial charge in [-0.1, -0.05) is 24.3 Å². The van der Waals surface area contributed by atoms with E-state index < -0.39 is 0 Å². The molecule has 0 atom stereocenters. The first-order valence-corrected chi connectivity index (χ1v) is 5.89. The summed E-state index contributed by atoms with van der Waals surface area (Å²) >= 11 is 0. The number of aryl methyl sites for hydroxylation is 1. The van der Waals surface area contributed by atoms with Gasteiger partial charge in [-0.3, -0.25) is 4.68 Å². The van der Waals surface area contributed by atoms with Crippen LogP contribution in [0, 0.1) is 0 Å². The highest BCUT2D eigenvalue weighted by atomic mass is 16.5. The van der Waals surface area contributed by atoms with Crippen molar-refractivity contribution in [2.45, 2.75) is 19.4 Å². The summed E-state index contributed by atoms with van der Waals surface area (Å²) in [4.78, 5) is 0. The van der Waals surface area contributed by atoms with Crippen molar-refractivity contribution < 1.29 is 4.74 Å². The normalized spacial score (nSPS) is 11.8. The van der Waals surface area contributed by atoms with E-state index in [0.29, 0.717) is 5.82 Å². The van der Waals surface area contributed by atoms with E-state index in [9.17, 15) is 0 Å². The van der Waals surface area contributed by atoms with Gasteiger partial charge in [-0.15, -0.1) is 0 Å². The van der Waals surface area contributed by atoms with Crippen LogP contribution < -0.4 is 5.73 Å². The summed E-state index contributed by atoms with van der Waals surface area (Å²) in [5.41, 5.74) is 8.84. The van der Waals surface area contributed by atoms with Crippen LogP contribution in [0.2, 0.25) is 0 Å². The second-order valence-electron chi connectivity index (χ2n) is 4.86. The highest BCUT2D eigenvalue weighted by molar-refractivity contribution is 5.73. The molecule has 0 unspecified atom stereocenters. The van der Waals surface area contributed by atoms with Crippen LogP contribution in [0.5, 0.6) is 0 Å². The van der Waals surface area contributed by atoms with Gasteiger partial charge in [0.1, 0.15) is 5.82 Å². The SMILES string of the molecule is COC(C)(C)c1ccc(-c2cnn(C)c2N)cc1. The summed E-state index contributed by atoms with van der Waals surface area (Å²) in [6, 6.07) is 8.21. The molecule has 0 amide bonds. The maximum Gasteiger partial charge on any atom is 0.129 e. The van der Waals surface area contributed by atoms with Gasteiger partial charge in [0.05, 0.1) is 11.8 Å². The standard InChI is InChI=1S/C14H19N3O/c1-14(2,18-4)11-7-5-10(6-8-11)12-9-16-17(3)13(12)15/h5-9H,15H2,1-4H3. The van der Waals surface area contributed by atoms with Gasteiger partial charge in [0.15, 0.2) is 0 Å². The lowest BCUT2D eigenvalue weighted by Gasteiger charge is -2.23. The van der Waals surface area contributed by atoms with Gasteiger partial charge >= 0.3 is 0 Å². The van der Waals surface area contributed by atoms with E-state index in [1.165, 1.54) is 0 Å². The molecule has 0 radical (unpaired) electrons. The molecule has 0 fully saturated rings. The van der Waals surface area contributed by atoms with E-state index in [1.54, 1.807) is 18.0 Å². The Hall–Kier alpha value is -1.81. The molecule has 2 N–H and O–H groups in total. The van der Waals surface area contributed by atoms with Crippen molar-refractivity contribution >= 4 is 5.82 Å². The molecule has 2 rings (SSSR count).